The maximum Gasteiger partial charge on any atom is 0.328 e. The zero-order valence-corrected chi connectivity index (χ0v) is 24.3. The molecule has 0 saturated heterocycles. The molecule has 9 heteroatoms. The van der Waals surface area contributed by atoms with Gasteiger partial charge in [0.1, 0.15) is 23.6 Å². The molecule has 9 nitrogen and oxygen atoms in total. The SMILES string of the molecule is COC(=O)C(CCCc1ccccc1)NC(=O)C1c2ccccc2CCN1C(=O)C(=O)c1cc(OC)c(C)c(OC)c1. The number of Topliss-reactive ketones (excluding diaryl/α,β-unsaturated/α-hetero) is 1. The first kappa shape index (κ1) is 30.3. The number of nitrogens with one attached hydrogen (secondary N) is 1. The molecule has 0 saturated carbocycles. The molecule has 1 aliphatic rings. The first-order valence-electron chi connectivity index (χ1n) is 13.9. The molecule has 1 aliphatic heterocycles. The molecule has 2 unspecified atom stereocenters. The summed E-state index contributed by atoms with van der Waals surface area (Å²) >= 11 is 0. The van der Waals surface area contributed by atoms with Crippen LogP contribution in [0, 0.1) is 6.92 Å². The summed E-state index contributed by atoms with van der Waals surface area (Å²) < 4.78 is 15.7. The fourth-order valence-corrected chi connectivity index (χ4v) is 5.34. The first-order chi connectivity index (χ1) is 20.3. The Morgan fingerprint density at radius 1 is 0.929 bits per heavy atom. The number of ketones is 1. The third-order valence-corrected chi connectivity index (χ3v) is 7.60. The minimum atomic E-state index is -1.11. The van der Waals surface area contributed by atoms with Crippen molar-refractivity contribution in [1.82, 2.24) is 10.2 Å². The lowest BCUT2D eigenvalue weighted by Gasteiger charge is -2.36. The second-order valence-corrected chi connectivity index (χ2v) is 10.1. The summed E-state index contributed by atoms with van der Waals surface area (Å²) in [5.41, 5.74) is 3.40. The number of hydrogen-bond acceptors (Lipinski definition) is 7. The molecule has 0 spiro atoms. The number of benzene rings is 3. The predicted molar refractivity (Wildman–Crippen MR) is 157 cm³/mol. The van der Waals surface area contributed by atoms with Crippen LogP contribution in [0.15, 0.2) is 66.7 Å². The second-order valence-electron chi connectivity index (χ2n) is 10.1. The fraction of sp³-hybridized carbons (Fsp3) is 0.333. The Bertz CT molecular complexity index is 1430. The number of ether oxygens (including phenoxy) is 3. The van der Waals surface area contributed by atoms with E-state index in [1.54, 1.807) is 19.1 Å². The monoisotopic (exact) mass is 572 g/mol. The quantitative estimate of drug-likeness (QED) is 0.210. The number of fused-ring (bicyclic) bond motifs is 1. The van der Waals surface area contributed by atoms with Crippen molar-refractivity contribution in [2.75, 3.05) is 27.9 Å². The molecule has 0 aromatic heterocycles. The summed E-state index contributed by atoms with van der Waals surface area (Å²) in [6.07, 6.45) is 2.16. The van der Waals surface area contributed by atoms with Gasteiger partial charge < -0.3 is 24.4 Å². The van der Waals surface area contributed by atoms with Crippen LogP contribution in [0.2, 0.25) is 0 Å². The molecule has 0 aliphatic carbocycles. The van der Waals surface area contributed by atoms with E-state index >= 15 is 0 Å². The van der Waals surface area contributed by atoms with Crippen molar-refractivity contribution in [3.05, 3.63) is 94.5 Å². The maximum atomic E-state index is 13.9. The van der Waals surface area contributed by atoms with Crippen LogP contribution in [0.5, 0.6) is 11.5 Å². The van der Waals surface area contributed by atoms with Gasteiger partial charge >= 0.3 is 5.97 Å². The molecule has 220 valence electrons. The molecule has 2 atom stereocenters. The van der Waals surface area contributed by atoms with Crippen LogP contribution < -0.4 is 14.8 Å². The molecule has 1 heterocycles. The highest BCUT2D eigenvalue weighted by molar-refractivity contribution is 6.43. The molecular weight excluding hydrogens is 536 g/mol. The summed E-state index contributed by atoms with van der Waals surface area (Å²) in [6, 6.07) is 18.1. The summed E-state index contributed by atoms with van der Waals surface area (Å²) in [5, 5.41) is 2.81. The minimum absolute atomic E-state index is 0.0886. The van der Waals surface area contributed by atoms with E-state index in [9.17, 15) is 19.2 Å². The first-order valence-corrected chi connectivity index (χ1v) is 13.9. The Kier molecular flexibility index (Phi) is 9.96. The molecule has 42 heavy (non-hydrogen) atoms. The molecule has 0 bridgehead atoms. The highest BCUT2D eigenvalue weighted by Gasteiger charge is 2.40. The molecular formula is C33H36N2O7. The van der Waals surface area contributed by atoms with Gasteiger partial charge in [-0.1, -0.05) is 54.6 Å². The smallest absolute Gasteiger partial charge is 0.328 e. The van der Waals surface area contributed by atoms with E-state index in [1.165, 1.54) is 38.4 Å². The number of methoxy groups -OCH3 is 3. The van der Waals surface area contributed by atoms with Crippen LogP contribution >= 0.6 is 0 Å². The van der Waals surface area contributed by atoms with Gasteiger partial charge in [-0.3, -0.25) is 14.4 Å². The van der Waals surface area contributed by atoms with Crippen molar-refractivity contribution >= 4 is 23.6 Å². The normalized spacial score (nSPS) is 14.8. The third-order valence-electron chi connectivity index (χ3n) is 7.60. The van der Waals surface area contributed by atoms with Crippen LogP contribution in [0.1, 0.15) is 51.5 Å². The summed E-state index contributed by atoms with van der Waals surface area (Å²) in [7, 11) is 4.21. The molecule has 0 radical (unpaired) electrons. The highest BCUT2D eigenvalue weighted by atomic mass is 16.5. The number of nitrogens with zero attached hydrogens (tertiary/aromatic N) is 1. The van der Waals surface area contributed by atoms with Crippen LogP contribution in [-0.4, -0.2) is 62.4 Å². The Balaban J connectivity index is 1.60. The highest BCUT2D eigenvalue weighted by Crippen LogP contribution is 2.33. The van der Waals surface area contributed by atoms with Crippen LogP contribution in [-0.2, 0) is 32.0 Å². The van der Waals surface area contributed by atoms with E-state index in [4.69, 9.17) is 14.2 Å². The van der Waals surface area contributed by atoms with Gasteiger partial charge in [0.15, 0.2) is 0 Å². The van der Waals surface area contributed by atoms with E-state index in [2.05, 4.69) is 5.32 Å². The van der Waals surface area contributed by atoms with Gasteiger partial charge in [-0.2, -0.15) is 0 Å². The van der Waals surface area contributed by atoms with Crippen molar-refractivity contribution in [3.8, 4) is 11.5 Å². The number of aryl methyl sites for hydroxylation is 1. The number of amides is 2. The number of hydrogen-bond donors (Lipinski definition) is 1. The van der Waals surface area contributed by atoms with Gasteiger partial charge in [0.25, 0.3) is 11.7 Å². The van der Waals surface area contributed by atoms with Crippen molar-refractivity contribution in [2.24, 2.45) is 0 Å². The van der Waals surface area contributed by atoms with E-state index in [0.717, 1.165) is 17.5 Å². The Morgan fingerprint density at radius 2 is 1.57 bits per heavy atom. The van der Waals surface area contributed by atoms with Crippen molar-refractivity contribution in [2.45, 2.75) is 44.7 Å². The van der Waals surface area contributed by atoms with E-state index in [0.29, 0.717) is 41.9 Å². The molecule has 4 rings (SSSR count). The topological polar surface area (TPSA) is 111 Å². The van der Waals surface area contributed by atoms with Crippen LogP contribution in [0.4, 0.5) is 0 Å². The molecule has 2 amide bonds. The van der Waals surface area contributed by atoms with Gasteiger partial charge in [0.2, 0.25) is 5.91 Å². The average molecular weight is 573 g/mol. The van der Waals surface area contributed by atoms with Gasteiger partial charge in [-0.25, -0.2) is 4.79 Å². The van der Waals surface area contributed by atoms with E-state index in [-0.39, 0.29) is 12.1 Å². The lowest BCUT2D eigenvalue weighted by molar-refractivity contribution is -0.147. The number of rotatable bonds is 11. The zero-order chi connectivity index (χ0) is 30.2. The van der Waals surface area contributed by atoms with Gasteiger partial charge in [-0.15, -0.1) is 0 Å². The summed E-state index contributed by atoms with van der Waals surface area (Å²) in [4.78, 5) is 55.1. The second kappa shape index (κ2) is 13.8. The number of carbonyl (C=O) groups is 4. The lowest BCUT2D eigenvalue weighted by Crippen LogP contribution is -2.52. The molecule has 0 fully saturated rings. The largest absolute Gasteiger partial charge is 0.496 e. The summed E-state index contributed by atoms with van der Waals surface area (Å²) in [5.74, 6) is -1.96. The van der Waals surface area contributed by atoms with Gasteiger partial charge in [0.05, 0.1) is 21.3 Å². The number of esters is 1. The Morgan fingerprint density at radius 3 is 2.21 bits per heavy atom. The zero-order valence-electron chi connectivity index (χ0n) is 24.3. The van der Waals surface area contributed by atoms with E-state index in [1.807, 2.05) is 42.5 Å². The number of carbonyl (C=O) groups excluding carboxylic acids is 4. The van der Waals surface area contributed by atoms with Crippen LogP contribution in [0.3, 0.4) is 0 Å². The summed E-state index contributed by atoms with van der Waals surface area (Å²) in [6.45, 7) is 1.93. The van der Waals surface area contributed by atoms with Gasteiger partial charge in [-0.05, 0) is 61.4 Å². The predicted octanol–water partition coefficient (Wildman–Crippen LogP) is 4.00. The Labute approximate surface area is 245 Å². The fourth-order valence-electron chi connectivity index (χ4n) is 5.34. The minimum Gasteiger partial charge on any atom is -0.496 e. The Hall–Kier alpha value is -4.66. The third kappa shape index (κ3) is 6.62. The van der Waals surface area contributed by atoms with Crippen molar-refractivity contribution in [1.29, 1.82) is 0 Å². The molecule has 3 aromatic rings. The average Bonchev–Trinajstić information content (AvgIpc) is 3.03. The standard InChI is InChI=1S/C33H36N2O7/c1-21-27(40-2)19-24(20-28(21)41-3)30(36)32(38)35-18-17-23-14-8-9-15-25(23)29(35)31(37)34-26(33(39)42-4)16-10-13-22-11-6-5-7-12-22/h5-9,11-12,14-15,19-20,26,29H,10,13,16-18H2,1-4H3,(H,34,37). The molecule has 1 N–H and O–H groups in total. The van der Waals surface area contributed by atoms with Crippen molar-refractivity contribution in [3.63, 3.8) is 0 Å². The molecule has 3 aromatic carbocycles. The van der Waals surface area contributed by atoms with Gasteiger partial charge in [0, 0.05) is 17.7 Å². The van der Waals surface area contributed by atoms with Crippen LogP contribution in [0.25, 0.3) is 0 Å². The van der Waals surface area contributed by atoms with E-state index < -0.39 is 35.7 Å². The maximum absolute atomic E-state index is 13.9. The lowest BCUT2D eigenvalue weighted by atomic mass is 9.91. The van der Waals surface area contributed by atoms with Crippen molar-refractivity contribution < 1.29 is 33.4 Å².